The van der Waals surface area contributed by atoms with Crippen molar-refractivity contribution in [2.45, 2.75) is 18.7 Å². The summed E-state index contributed by atoms with van der Waals surface area (Å²) >= 11 is 1.55. The zero-order chi connectivity index (χ0) is 23.0. The van der Waals surface area contributed by atoms with Crippen molar-refractivity contribution in [2.24, 2.45) is 0 Å². The minimum atomic E-state index is -3.89. The number of hydrogen-bond donors (Lipinski definition) is 0. The first-order chi connectivity index (χ1) is 15.2. The second-order valence-corrected chi connectivity index (χ2v) is 10.6. The number of amides is 1. The molecule has 1 amide bonds. The van der Waals surface area contributed by atoms with Crippen LogP contribution in [0.3, 0.4) is 0 Å². The van der Waals surface area contributed by atoms with Gasteiger partial charge in [0, 0.05) is 55.6 Å². The number of rotatable bonds is 5. The summed E-state index contributed by atoms with van der Waals surface area (Å²) in [4.78, 5) is 26.4. The van der Waals surface area contributed by atoms with Crippen molar-refractivity contribution in [3.8, 4) is 5.00 Å². The van der Waals surface area contributed by atoms with Crippen LogP contribution < -0.4 is 0 Å². The first-order valence-electron chi connectivity index (χ1n) is 9.97. The van der Waals surface area contributed by atoms with Gasteiger partial charge in [-0.15, -0.1) is 11.3 Å². The lowest BCUT2D eigenvalue weighted by Crippen LogP contribution is -2.50. The van der Waals surface area contributed by atoms with Gasteiger partial charge < -0.3 is 9.47 Å². The first kappa shape index (κ1) is 22.2. The van der Waals surface area contributed by atoms with Gasteiger partial charge in [-0.05, 0) is 37.6 Å². The molecular weight excluding hydrogens is 452 g/mol. The van der Waals surface area contributed by atoms with Gasteiger partial charge in [0.05, 0.1) is 15.4 Å². The van der Waals surface area contributed by atoms with E-state index in [0.717, 1.165) is 21.5 Å². The molecule has 11 heteroatoms. The highest BCUT2D eigenvalue weighted by Gasteiger charge is 2.33. The highest BCUT2D eigenvalue weighted by molar-refractivity contribution is 7.89. The third-order valence-electron chi connectivity index (χ3n) is 5.61. The van der Waals surface area contributed by atoms with Crippen LogP contribution in [0.15, 0.2) is 53.7 Å². The van der Waals surface area contributed by atoms with Crippen LogP contribution in [0.2, 0.25) is 0 Å². The smallest absolute Gasteiger partial charge is 0.270 e. The Hall–Kier alpha value is -3.02. The molecule has 0 spiro atoms. The number of thiophene rings is 1. The molecule has 1 fully saturated rings. The van der Waals surface area contributed by atoms with E-state index >= 15 is 0 Å². The Bertz CT molecular complexity index is 1270. The van der Waals surface area contributed by atoms with Gasteiger partial charge in [-0.25, -0.2) is 8.42 Å². The Morgan fingerprint density at radius 1 is 1.06 bits per heavy atom. The number of non-ortho nitro benzene ring substituents is 1. The average molecular weight is 475 g/mol. The lowest BCUT2D eigenvalue weighted by atomic mass is 10.1. The Labute approximate surface area is 189 Å². The minimum Gasteiger partial charge on any atom is -0.336 e. The lowest BCUT2D eigenvalue weighted by molar-refractivity contribution is -0.385. The van der Waals surface area contributed by atoms with Crippen molar-refractivity contribution in [3.63, 3.8) is 0 Å². The van der Waals surface area contributed by atoms with Gasteiger partial charge in [-0.2, -0.15) is 4.31 Å². The summed E-state index contributed by atoms with van der Waals surface area (Å²) in [7, 11) is -3.89. The molecular formula is C21H22N4O5S2. The van der Waals surface area contributed by atoms with Crippen LogP contribution in [0.1, 0.15) is 20.8 Å². The molecule has 1 aliphatic heterocycles. The number of nitrogens with zero attached hydrogens (tertiary/aromatic N) is 4. The molecule has 4 rings (SSSR count). The maximum absolute atomic E-state index is 13.4. The van der Waals surface area contributed by atoms with E-state index in [2.05, 4.69) is 0 Å². The SMILES string of the molecule is Cc1sc(-n2cccc2)c(C(=O)N2CCN(S(=O)(=O)c3cccc([N+](=O)[O-])c3)CC2)c1C. The van der Waals surface area contributed by atoms with Gasteiger partial charge in [0.1, 0.15) is 5.00 Å². The zero-order valence-corrected chi connectivity index (χ0v) is 19.2. The van der Waals surface area contributed by atoms with Gasteiger partial charge >= 0.3 is 0 Å². The zero-order valence-electron chi connectivity index (χ0n) is 17.6. The molecule has 0 N–H and O–H groups in total. The number of nitro groups is 1. The fraction of sp³-hybridized carbons (Fsp3) is 0.286. The molecule has 0 unspecified atom stereocenters. The number of aryl methyl sites for hydroxylation is 1. The maximum Gasteiger partial charge on any atom is 0.270 e. The predicted molar refractivity (Wildman–Crippen MR) is 121 cm³/mol. The molecule has 0 radical (unpaired) electrons. The number of carbonyl (C=O) groups excluding carboxylic acids is 1. The Kier molecular flexibility index (Phi) is 5.89. The Morgan fingerprint density at radius 2 is 1.72 bits per heavy atom. The molecule has 3 aromatic rings. The van der Waals surface area contributed by atoms with Gasteiger partial charge in [-0.3, -0.25) is 14.9 Å². The number of aromatic nitrogens is 1. The number of piperazine rings is 1. The number of nitro benzene ring substituents is 1. The summed E-state index contributed by atoms with van der Waals surface area (Å²) in [5.74, 6) is -0.122. The summed E-state index contributed by atoms with van der Waals surface area (Å²) in [5.41, 5.74) is 1.29. The van der Waals surface area contributed by atoms with Crippen molar-refractivity contribution in [3.05, 3.63) is 74.9 Å². The first-order valence-corrected chi connectivity index (χ1v) is 12.2. The molecule has 0 atom stereocenters. The van der Waals surface area contributed by atoms with Crippen molar-refractivity contribution in [2.75, 3.05) is 26.2 Å². The Balaban J connectivity index is 1.53. The molecule has 3 heterocycles. The van der Waals surface area contributed by atoms with E-state index in [1.807, 2.05) is 42.9 Å². The summed E-state index contributed by atoms with van der Waals surface area (Å²) in [6, 6.07) is 8.82. The highest BCUT2D eigenvalue weighted by Crippen LogP contribution is 2.32. The molecule has 9 nitrogen and oxygen atoms in total. The lowest BCUT2D eigenvalue weighted by Gasteiger charge is -2.34. The van der Waals surface area contributed by atoms with Crippen LogP contribution in [0.4, 0.5) is 5.69 Å². The summed E-state index contributed by atoms with van der Waals surface area (Å²) in [6.07, 6.45) is 3.79. The standard InChI is InChI=1S/C21H22N4O5S2/c1-15-16(2)31-21(23-8-3-4-9-23)19(15)20(26)22-10-12-24(13-11-22)32(29,30)18-7-5-6-17(14-18)25(27)28/h3-9,14H,10-13H2,1-2H3. The molecule has 0 saturated carbocycles. The second kappa shape index (κ2) is 8.49. The van der Waals surface area contributed by atoms with Crippen LogP contribution in [-0.4, -0.2) is 59.2 Å². The van der Waals surface area contributed by atoms with Crippen LogP contribution in [-0.2, 0) is 10.0 Å². The van der Waals surface area contributed by atoms with E-state index in [-0.39, 0.29) is 42.7 Å². The largest absolute Gasteiger partial charge is 0.336 e. The van der Waals surface area contributed by atoms with Crippen LogP contribution in [0.5, 0.6) is 0 Å². The van der Waals surface area contributed by atoms with Gasteiger partial charge in [0.25, 0.3) is 11.6 Å². The molecule has 2 aromatic heterocycles. The number of benzene rings is 1. The molecule has 32 heavy (non-hydrogen) atoms. The van der Waals surface area contributed by atoms with E-state index in [1.165, 1.54) is 22.5 Å². The highest BCUT2D eigenvalue weighted by atomic mass is 32.2. The topological polar surface area (TPSA) is 106 Å². The summed E-state index contributed by atoms with van der Waals surface area (Å²) in [5, 5.41) is 11.9. The van der Waals surface area contributed by atoms with Crippen molar-refractivity contribution in [1.82, 2.24) is 13.8 Å². The maximum atomic E-state index is 13.4. The van der Waals surface area contributed by atoms with E-state index < -0.39 is 14.9 Å². The third-order valence-corrected chi connectivity index (χ3v) is 8.73. The van der Waals surface area contributed by atoms with Gasteiger partial charge in [-0.1, -0.05) is 6.07 Å². The van der Waals surface area contributed by atoms with Crippen LogP contribution in [0, 0.1) is 24.0 Å². The van der Waals surface area contributed by atoms with E-state index in [4.69, 9.17) is 0 Å². The van der Waals surface area contributed by atoms with E-state index in [1.54, 1.807) is 16.2 Å². The van der Waals surface area contributed by atoms with Crippen molar-refractivity contribution in [1.29, 1.82) is 0 Å². The quantitative estimate of drug-likeness (QED) is 0.417. The Morgan fingerprint density at radius 3 is 2.34 bits per heavy atom. The second-order valence-electron chi connectivity index (χ2n) is 7.50. The molecule has 168 valence electrons. The van der Waals surface area contributed by atoms with Crippen molar-refractivity contribution < 1.29 is 18.1 Å². The molecule has 1 aromatic carbocycles. The van der Waals surface area contributed by atoms with Crippen LogP contribution in [0.25, 0.3) is 5.00 Å². The van der Waals surface area contributed by atoms with E-state index in [9.17, 15) is 23.3 Å². The molecule has 0 aliphatic carbocycles. The summed E-state index contributed by atoms with van der Waals surface area (Å²) < 4.78 is 29.1. The number of sulfonamides is 1. The normalized spacial score (nSPS) is 15.1. The predicted octanol–water partition coefficient (Wildman–Crippen LogP) is 3.21. The fourth-order valence-electron chi connectivity index (χ4n) is 3.71. The molecule has 1 saturated heterocycles. The third kappa shape index (κ3) is 3.94. The minimum absolute atomic E-state index is 0.120. The van der Waals surface area contributed by atoms with Gasteiger partial charge in [0.2, 0.25) is 10.0 Å². The monoisotopic (exact) mass is 474 g/mol. The average Bonchev–Trinajstić information content (AvgIpc) is 3.42. The number of hydrogen-bond acceptors (Lipinski definition) is 6. The molecule has 1 aliphatic rings. The van der Waals surface area contributed by atoms with Crippen molar-refractivity contribution >= 4 is 33.0 Å². The molecule has 0 bridgehead atoms. The van der Waals surface area contributed by atoms with Crippen LogP contribution >= 0.6 is 11.3 Å². The number of carbonyl (C=O) groups is 1. The summed E-state index contributed by atoms with van der Waals surface area (Å²) in [6.45, 7) is 4.64. The fourth-order valence-corrected chi connectivity index (χ4v) is 6.29. The van der Waals surface area contributed by atoms with E-state index in [0.29, 0.717) is 5.56 Å². The van der Waals surface area contributed by atoms with Gasteiger partial charge in [0.15, 0.2) is 0 Å².